The van der Waals surface area contributed by atoms with E-state index in [9.17, 15) is 15.0 Å². The van der Waals surface area contributed by atoms with Gasteiger partial charge in [0.05, 0.1) is 17.9 Å². The molecule has 0 aromatic carbocycles. The molecule has 0 heterocycles. The highest BCUT2D eigenvalue weighted by molar-refractivity contribution is 5.93. The Morgan fingerprint density at radius 1 is 1.36 bits per heavy atom. The molecule has 0 spiro atoms. The Morgan fingerprint density at radius 3 is 2.72 bits per heavy atom. The van der Waals surface area contributed by atoms with Gasteiger partial charge in [-0.3, -0.25) is 0 Å². The largest absolute Gasteiger partial charge is 0.479 e. The monoisotopic (exact) mass is 353 g/mol. The third-order valence-corrected chi connectivity index (χ3v) is 5.77. The van der Waals surface area contributed by atoms with E-state index in [-0.39, 0.29) is 11.8 Å². The van der Waals surface area contributed by atoms with Gasteiger partial charge in [0.25, 0.3) is 0 Å². The van der Waals surface area contributed by atoms with E-state index in [1.54, 1.807) is 0 Å². The average molecular weight is 353 g/mol. The van der Waals surface area contributed by atoms with Crippen LogP contribution in [0, 0.1) is 23.7 Å². The molecule has 0 bridgehead atoms. The molecule has 3 N–H and O–H groups in total. The first kappa shape index (κ1) is 19.9. The molecule has 0 aliphatic heterocycles. The van der Waals surface area contributed by atoms with Crippen LogP contribution in [0.1, 0.15) is 52.4 Å². The number of fused-ring (bicyclic) bond motifs is 1. The van der Waals surface area contributed by atoms with Crippen LogP contribution >= 0.6 is 0 Å². The first-order chi connectivity index (χ1) is 12.0. The SMILES string of the molecule is CCC(CC)CCC(O)C=CC1C(O)C[C@@H]2C(=NOCC(=O)O)C[C@@H]12. The number of aliphatic hydroxyl groups is 2. The van der Waals surface area contributed by atoms with Gasteiger partial charge in [-0.05, 0) is 37.5 Å². The van der Waals surface area contributed by atoms with Gasteiger partial charge in [0.1, 0.15) is 0 Å². The summed E-state index contributed by atoms with van der Waals surface area (Å²) < 4.78 is 0. The molecule has 0 amide bonds. The first-order valence-corrected chi connectivity index (χ1v) is 9.41. The van der Waals surface area contributed by atoms with Crippen molar-refractivity contribution >= 4 is 11.7 Å². The molecule has 2 saturated carbocycles. The van der Waals surface area contributed by atoms with Crippen LogP contribution in [0.25, 0.3) is 0 Å². The lowest BCUT2D eigenvalue weighted by Crippen LogP contribution is -2.36. The van der Waals surface area contributed by atoms with Crippen molar-refractivity contribution in [3.05, 3.63) is 12.2 Å². The predicted molar refractivity (Wildman–Crippen MR) is 95.2 cm³/mol. The average Bonchev–Trinajstić information content (AvgIpc) is 2.81. The van der Waals surface area contributed by atoms with E-state index in [4.69, 9.17) is 9.94 Å². The Bertz CT molecular complexity index is 500. The molecule has 2 rings (SSSR count). The highest BCUT2D eigenvalue weighted by atomic mass is 16.6. The first-order valence-electron chi connectivity index (χ1n) is 9.41. The summed E-state index contributed by atoms with van der Waals surface area (Å²) in [6, 6.07) is 0. The van der Waals surface area contributed by atoms with E-state index in [1.807, 2.05) is 12.2 Å². The van der Waals surface area contributed by atoms with Crippen molar-refractivity contribution in [1.29, 1.82) is 0 Å². The van der Waals surface area contributed by atoms with Crippen LogP contribution in [0.5, 0.6) is 0 Å². The Labute approximate surface area is 149 Å². The Morgan fingerprint density at radius 2 is 2.08 bits per heavy atom. The minimum absolute atomic E-state index is 0.0335. The second-order valence-corrected chi connectivity index (χ2v) is 7.32. The third kappa shape index (κ3) is 5.28. The van der Waals surface area contributed by atoms with Crippen LogP contribution < -0.4 is 0 Å². The molecule has 0 aromatic rings. The minimum atomic E-state index is -1.05. The van der Waals surface area contributed by atoms with Crippen molar-refractivity contribution in [3.63, 3.8) is 0 Å². The molecule has 0 radical (unpaired) electrons. The third-order valence-electron chi connectivity index (χ3n) is 5.77. The maximum Gasteiger partial charge on any atom is 0.344 e. The molecule has 2 fully saturated rings. The smallest absolute Gasteiger partial charge is 0.344 e. The van der Waals surface area contributed by atoms with Gasteiger partial charge in [0.2, 0.25) is 6.61 Å². The second-order valence-electron chi connectivity index (χ2n) is 7.32. The lowest BCUT2D eigenvalue weighted by Gasteiger charge is -2.34. The molecule has 6 heteroatoms. The summed E-state index contributed by atoms with van der Waals surface area (Å²) in [7, 11) is 0. The Kier molecular flexibility index (Phi) is 7.44. The molecular formula is C19H31NO5. The maximum atomic E-state index is 10.4. The zero-order chi connectivity index (χ0) is 18.4. The van der Waals surface area contributed by atoms with E-state index < -0.39 is 24.8 Å². The highest BCUT2D eigenvalue weighted by Crippen LogP contribution is 2.49. The quantitative estimate of drug-likeness (QED) is 0.414. The standard InChI is InChI=1S/C19H31NO5/c1-3-12(4-2)5-6-13(21)7-8-14-15-9-17(16(15)10-18(14)22)20-25-11-19(23)24/h7-8,12-16,18,21-22H,3-6,9-11H2,1-2H3,(H,23,24)/t13?,14?,15-,16-,18?/m0/s1. The van der Waals surface area contributed by atoms with Crippen LogP contribution in [-0.4, -0.2) is 45.8 Å². The molecule has 25 heavy (non-hydrogen) atoms. The summed E-state index contributed by atoms with van der Waals surface area (Å²) in [5.74, 6) is 0.131. The van der Waals surface area contributed by atoms with Crippen molar-refractivity contribution in [3.8, 4) is 0 Å². The van der Waals surface area contributed by atoms with Gasteiger partial charge < -0.3 is 20.2 Å². The van der Waals surface area contributed by atoms with Crippen LogP contribution in [-0.2, 0) is 9.63 Å². The zero-order valence-corrected chi connectivity index (χ0v) is 15.2. The fraction of sp³-hybridized carbons (Fsp3) is 0.789. The summed E-state index contributed by atoms with van der Waals surface area (Å²) in [6.45, 7) is 3.93. The number of hydrogen-bond acceptors (Lipinski definition) is 5. The summed E-state index contributed by atoms with van der Waals surface area (Å²) >= 11 is 0. The van der Waals surface area contributed by atoms with Gasteiger partial charge in [-0.1, -0.05) is 44.0 Å². The molecule has 142 valence electrons. The van der Waals surface area contributed by atoms with Crippen LogP contribution in [0.3, 0.4) is 0 Å². The molecule has 3 unspecified atom stereocenters. The van der Waals surface area contributed by atoms with Crippen LogP contribution in [0.2, 0.25) is 0 Å². The summed E-state index contributed by atoms with van der Waals surface area (Å²) in [5, 5.41) is 32.9. The number of aliphatic carboxylic acids is 1. The number of rotatable bonds is 10. The summed E-state index contributed by atoms with van der Waals surface area (Å²) in [5.41, 5.74) is 0.843. The number of aliphatic hydroxyl groups excluding tert-OH is 2. The Balaban J connectivity index is 1.80. The highest BCUT2D eigenvalue weighted by Gasteiger charge is 2.51. The molecule has 0 aromatic heterocycles. The van der Waals surface area contributed by atoms with Crippen molar-refractivity contribution < 1.29 is 25.0 Å². The normalized spacial score (nSPS) is 31.3. The number of nitrogens with zero attached hydrogens (tertiary/aromatic N) is 1. The predicted octanol–water partition coefficient (Wildman–Crippen LogP) is 2.59. The topological polar surface area (TPSA) is 99.4 Å². The second kappa shape index (κ2) is 9.34. The van der Waals surface area contributed by atoms with Gasteiger partial charge in [0.15, 0.2) is 0 Å². The van der Waals surface area contributed by atoms with Crippen molar-refractivity contribution in [1.82, 2.24) is 0 Å². The maximum absolute atomic E-state index is 10.4. The Hall–Kier alpha value is -1.40. The van der Waals surface area contributed by atoms with E-state index in [1.165, 1.54) is 0 Å². The minimum Gasteiger partial charge on any atom is -0.479 e. The fourth-order valence-electron chi connectivity index (χ4n) is 4.04. The van der Waals surface area contributed by atoms with Gasteiger partial charge in [-0.2, -0.15) is 0 Å². The summed E-state index contributed by atoms with van der Waals surface area (Å²) in [4.78, 5) is 15.2. The molecule has 0 saturated heterocycles. The van der Waals surface area contributed by atoms with Crippen molar-refractivity contribution in [2.24, 2.45) is 28.8 Å². The van der Waals surface area contributed by atoms with Crippen LogP contribution in [0.4, 0.5) is 0 Å². The zero-order valence-electron chi connectivity index (χ0n) is 15.2. The van der Waals surface area contributed by atoms with E-state index in [0.29, 0.717) is 18.3 Å². The summed E-state index contributed by atoms with van der Waals surface area (Å²) in [6.07, 6.45) is 8.30. The lowest BCUT2D eigenvalue weighted by molar-refractivity contribution is -0.142. The van der Waals surface area contributed by atoms with Gasteiger partial charge in [0, 0.05) is 11.8 Å². The van der Waals surface area contributed by atoms with Gasteiger partial charge in [-0.15, -0.1) is 0 Å². The fourth-order valence-corrected chi connectivity index (χ4v) is 4.04. The molecule has 6 nitrogen and oxygen atoms in total. The number of hydrogen-bond donors (Lipinski definition) is 3. The molecule has 5 atom stereocenters. The lowest BCUT2D eigenvalue weighted by atomic mass is 9.71. The van der Waals surface area contributed by atoms with Crippen LogP contribution in [0.15, 0.2) is 17.3 Å². The van der Waals surface area contributed by atoms with E-state index in [0.717, 1.165) is 37.8 Å². The number of carboxylic acid groups (broad SMARTS) is 1. The number of oxime groups is 1. The number of carboxylic acids is 1. The molecule has 2 aliphatic rings. The molecular weight excluding hydrogens is 322 g/mol. The number of carbonyl (C=O) groups is 1. The van der Waals surface area contributed by atoms with Gasteiger partial charge in [-0.25, -0.2) is 4.79 Å². The van der Waals surface area contributed by atoms with Crippen molar-refractivity contribution in [2.75, 3.05) is 6.61 Å². The van der Waals surface area contributed by atoms with Crippen molar-refractivity contribution in [2.45, 2.75) is 64.6 Å². The van der Waals surface area contributed by atoms with E-state index >= 15 is 0 Å². The molecule has 2 aliphatic carbocycles. The van der Waals surface area contributed by atoms with E-state index in [2.05, 4.69) is 19.0 Å². The van der Waals surface area contributed by atoms with Gasteiger partial charge >= 0.3 is 5.97 Å².